The Bertz CT molecular complexity index is 1150. The summed E-state index contributed by atoms with van der Waals surface area (Å²) in [6, 6.07) is 10.2. The van der Waals surface area contributed by atoms with Crippen LogP contribution in [0.2, 0.25) is 0 Å². The van der Waals surface area contributed by atoms with E-state index in [-0.39, 0.29) is 17.7 Å². The van der Waals surface area contributed by atoms with E-state index in [1.165, 1.54) is 17.0 Å². The minimum absolute atomic E-state index is 0.0849. The van der Waals surface area contributed by atoms with Crippen molar-refractivity contribution in [2.24, 2.45) is 0 Å². The molecule has 3 heterocycles. The topological polar surface area (TPSA) is 83.4 Å². The summed E-state index contributed by atoms with van der Waals surface area (Å²) in [5, 5.41) is 10.9. The molecule has 1 aliphatic heterocycles. The summed E-state index contributed by atoms with van der Waals surface area (Å²) in [5.74, 6) is -2.49. The van der Waals surface area contributed by atoms with E-state index in [0.29, 0.717) is 11.1 Å². The Labute approximate surface area is 172 Å². The maximum atomic E-state index is 14.1. The number of rotatable bonds is 4. The lowest BCUT2D eigenvalue weighted by Gasteiger charge is -2.25. The maximum Gasteiger partial charge on any atom is 0.295 e. The average Bonchev–Trinajstić information content (AvgIpc) is 3.01. The Morgan fingerprint density at radius 3 is 2.53 bits per heavy atom. The zero-order chi connectivity index (χ0) is 21.3. The van der Waals surface area contributed by atoms with Crippen molar-refractivity contribution in [1.82, 2.24) is 14.9 Å². The van der Waals surface area contributed by atoms with Crippen LogP contribution >= 0.6 is 0 Å². The second kappa shape index (κ2) is 7.87. The lowest BCUT2D eigenvalue weighted by Crippen LogP contribution is -2.29. The highest BCUT2D eigenvalue weighted by Crippen LogP contribution is 2.40. The number of aliphatic hydroxyl groups excluding tert-OH is 1. The Balaban J connectivity index is 1.86. The number of pyridine rings is 2. The van der Waals surface area contributed by atoms with Crippen molar-refractivity contribution in [3.8, 4) is 0 Å². The van der Waals surface area contributed by atoms with E-state index in [9.17, 15) is 19.1 Å². The molecule has 4 rings (SSSR count). The summed E-state index contributed by atoms with van der Waals surface area (Å²) in [7, 11) is 0. The first-order valence-corrected chi connectivity index (χ1v) is 9.31. The molecule has 0 radical (unpaired) electrons. The van der Waals surface area contributed by atoms with E-state index in [2.05, 4.69) is 9.97 Å². The summed E-state index contributed by atoms with van der Waals surface area (Å²) < 4.78 is 14.1. The number of halogens is 1. The predicted molar refractivity (Wildman–Crippen MR) is 107 cm³/mol. The van der Waals surface area contributed by atoms with Gasteiger partial charge in [0.15, 0.2) is 0 Å². The number of likely N-dealkylation sites (tertiary alicyclic amines) is 1. The first-order valence-electron chi connectivity index (χ1n) is 9.31. The number of carbonyl (C=O) groups excluding carboxylic acids is 2. The molecule has 1 N–H and O–H groups in total. The van der Waals surface area contributed by atoms with Gasteiger partial charge in [0.1, 0.15) is 11.6 Å². The number of aliphatic hydroxyl groups is 1. The number of benzene rings is 1. The smallest absolute Gasteiger partial charge is 0.295 e. The van der Waals surface area contributed by atoms with Crippen molar-refractivity contribution in [2.75, 3.05) is 0 Å². The van der Waals surface area contributed by atoms with Crippen LogP contribution in [0.3, 0.4) is 0 Å². The molecule has 30 heavy (non-hydrogen) atoms. The SMILES string of the molecule is Cc1ccc(C(O)=C2C(=O)C(=O)N(Cc3cccnc3)[C@H]2c2ccncc2)cc1F. The second-order valence-corrected chi connectivity index (χ2v) is 7.03. The molecule has 0 aliphatic carbocycles. The molecule has 0 saturated carbocycles. The van der Waals surface area contributed by atoms with Gasteiger partial charge in [0.2, 0.25) is 0 Å². The first kappa shape index (κ1) is 19.4. The highest BCUT2D eigenvalue weighted by Gasteiger charge is 2.46. The number of hydrogen-bond acceptors (Lipinski definition) is 5. The summed E-state index contributed by atoms with van der Waals surface area (Å²) in [4.78, 5) is 35.2. The molecule has 0 unspecified atom stereocenters. The molecule has 6 nitrogen and oxygen atoms in total. The number of nitrogens with zero attached hydrogens (tertiary/aromatic N) is 3. The van der Waals surface area contributed by atoms with E-state index >= 15 is 0 Å². The van der Waals surface area contributed by atoms with Gasteiger partial charge in [-0.05, 0) is 47.9 Å². The largest absolute Gasteiger partial charge is 0.507 e. The normalized spacial score (nSPS) is 18.1. The fraction of sp³-hybridized carbons (Fsp3) is 0.130. The minimum Gasteiger partial charge on any atom is -0.507 e. The number of hydrogen-bond donors (Lipinski definition) is 1. The number of aromatic nitrogens is 2. The van der Waals surface area contributed by atoms with Gasteiger partial charge in [-0.15, -0.1) is 0 Å². The van der Waals surface area contributed by atoms with E-state index in [1.807, 2.05) is 0 Å². The zero-order valence-electron chi connectivity index (χ0n) is 16.1. The van der Waals surface area contributed by atoms with Crippen LogP contribution in [-0.4, -0.2) is 31.7 Å². The minimum atomic E-state index is -0.836. The molecule has 0 spiro atoms. The molecule has 2 aromatic heterocycles. The number of amides is 1. The highest BCUT2D eigenvalue weighted by atomic mass is 19.1. The van der Waals surface area contributed by atoms with Gasteiger partial charge in [0.25, 0.3) is 11.7 Å². The van der Waals surface area contributed by atoms with Gasteiger partial charge in [-0.3, -0.25) is 19.6 Å². The highest BCUT2D eigenvalue weighted by molar-refractivity contribution is 6.46. The summed E-state index contributed by atoms with van der Waals surface area (Å²) in [5.41, 5.74) is 1.81. The fourth-order valence-corrected chi connectivity index (χ4v) is 3.52. The number of carbonyl (C=O) groups is 2. The van der Waals surface area contributed by atoms with Crippen LogP contribution in [0, 0.1) is 12.7 Å². The van der Waals surface area contributed by atoms with Gasteiger partial charge < -0.3 is 10.0 Å². The monoisotopic (exact) mass is 403 g/mol. The van der Waals surface area contributed by atoms with E-state index in [4.69, 9.17) is 0 Å². The number of aryl methyl sites for hydroxylation is 1. The third kappa shape index (κ3) is 3.45. The molecule has 3 aromatic rings. The van der Waals surface area contributed by atoms with Gasteiger partial charge in [0, 0.05) is 36.9 Å². The number of ketones is 1. The molecular weight excluding hydrogens is 385 g/mol. The van der Waals surface area contributed by atoms with Crippen LogP contribution in [0.15, 0.2) is 72.8 Å². The molecule has 150 valence electrons. The van der Waals surface area contributed by atoms with Crippen molar-refractivity contribution in [3.05, 3.63) is 101 Å². The molecule has 1 saturated heterocycles. The van der Waals surface area contributed by atoms with Crippen molar-refractivity contribution in [1.29, 1.82) is 0 Å². The van der Waals surface area contributed by atoms with Crippen molar-refractivity contribution < 1.29 is 19.1 Å². The van der Waals surface area contributed by atoms with Gasteiger partial charge in [-0.2, -0.15) is 0 Å². The van der Waals surface area contributed by atoms with Crippen molar-refractivity contribution >= 4 is 17.4 Å². The summed E-state index contributed by atoms with van der Waals surface area (Å²) in [6.45, 7) is 1.73. The van der Waals surface area contributed by atoms with Crippen LogP contribution in [0.1, 0.15) is 28.3 Å². The summed E-state index contributed by atoms with van der Waals surface area (Å²) in [6.07, 6.45) is 6.32. The summed E-state index contributed by atoms with van der Waals surface area (Å²) >= 11 is 0. The molecular formula is C23H18FN3O3. The molecule has 1 amide bonds. The lowest BCUT2D eigenvalue weighted by atomic mass is 9.95. The molecule has 1 aromatic carbocycles. The van der Waals surface area contributed by atoms with Crippen LogP contribution in [0.4, 0.5) is 4.39 Å². The molecule has 7 heteroatoms. The van der Waals surface area contributed by atoms with Gasteiger partial charge in [-0.25, -0.2) is 4.39 Å². The van der Waals surface area contributed by atoms with Crippen LogP contribution in [-0.2, 0) is 16.1 Å². The molecule has 1 fully saturated rings. The Morgan fingerprint density at radius 1 is 1.10 bits per heavy atom. The standard InChI is InChI=1S/C23H18FN3O3/c1-14-4-5-17(11-18(14)24)21(28)19-20(16-6-9-25-10-7-16)27(23(30)22(19)29)13-15-3-2-8-26-12-15/h2-12,20,28H,13H2,1H3/t20-/m0/s1. The zero-order valence-corrected chi connectivity index (χ0v) is 16.1. The van der Waals surface area contributed by atoms with Gasteiger partial charge >= 0.3 is 0 Å². The van der Waals surface area contributed by atoms with Gasteiger partial charge in [-0.1, -0.05) is 18.2 Å². The average molecular weight is 403 g/mol. The predicted octanol–water partition coefficient (Wildman–Crippen LogP) is 3.55. The molecule has 1 aliphatic rings. The first-order chi connectivity index (χ1) is 14.5. The second-order valence-electron chi connectivity index (χ2n) is 7.03. The number of Topliss-reactive ketones (excluding diaryl/α,β-unsaturated/α-hetero) is 1. The van der Waals surface area contributed by atoms with Crippen molar-refractivity contribution in [2.45, 2.75) is 19.5 Å². The van der Waals surface area contributed by atoms with E-state index in [0.717, 1.165) is 11.6 Å². The van der Waals surface area contributed by atoms with Gasteiger partial charge in [0.05, 0.1) is 11.6 Å². The Morgan fingerprint density at radius 2 is 1.87 bits per heavy atom. The fourth-order valence-electron chi connectivity index (χ4n) is 3.52. The Hall–Kier alpha value is -3.87. The molecule has 0 bridgehead atoms. The van der Waals surface area contributed by atoms with Crippen LogP contribution < -0.4 is 0 Å². The Kier molecular flexibility index (Phi) is 5.10. The van der Waals surface area contributed by atoms with E-state index in [1.54, 1.807) is 56.0 Å². The maximum absolute atomic E-state index is 14.1. The third-order valence-corrected chi connectivity index (χ3v) is 5.08. The quantitative estimate of drug-likeness (QED) is 0.409. The lowest BCUT2D eigenvalue weighted by molar-refractivity contribution is -0.140. The molecule has 1 atom stereocenters. The van der Waals surface area contributed by atoms with Crippen LogP contribution in [0.25, 0.3) is 5.76 Å². The third-order valence-electron chi connectivity index (χ3n) is 5.08. The van der Waals surface area contributed by atoms with E-state index < -0.39 is 29.3 Å². The van der Waals surface area contributed by atoms with Crippen LogP contribution in [0.5, 0.6) is 0 Å². The van der Waals surface area contributed by atoms with Crippen molar-refractivity contribution in [3.63, 3.8) is 0 Å².